The molecule has 3 heterocycles. The van der Waals surface area contributed by atoms with Crippen LogP contribution in [0, 0.1) is 11.8 Å². The molecule has 1 aliphatic carbocycles. The predicted molar refractivity (Wildman–Crippen MR) is 132 cm³/mol. The summed E-state index contributed by atoms with van der Waals surface area (Å²) in [4.78, 5) is 38.9. The second-order valence-electron chi connectivity index (χ2n) is 9.84. The summed E-state index contributed by atoms with van der Waals surface area (Å²) in [7, 11) is 0. The van der Waals surface area contributed by atoms with Crippen molar-refractivity contribution in [1.82, 2.24) is 20.2 Å². The van der Waals surface area contributed by atoms with Gasteiger partial charge in [0.25, 0.3) is 0 Å². The molecule has 4 atom stereocenters. The third kappa shape index (κ3) is 4.25. The summed E-state index contributed by atoms with van der Waals surface area (Å²) in [6, 6.07) is 7.86. The van der Waals surface area contributed by atoms with E-state index in [1.54, 1.807) is 0 Å². The van der Waals surface area contributed by atoms with Crippen molar-refractivity contribution in [2.24, 2.45) is 11.8 Å². The second kappa shape index (κ2) is 9.15. The molecule has 8 nitrogen and oxygen atoms in total. The first kappa shape index (κ1) is 23.1. The molecule has 2 aliphatic heterocycles. The van der Waals surface area contributed by atoms with E-state index in [4.69, 9.17) is 11.6 Å². The Balaban J connectivity index is 1.30. The summed E-state index contributed by atoms with van der Waals surface area (Å²) in [6.07, 6.45) is 1.52. The molecule has 1 saturated heterocycles. The van der Waals surface area contributed by atoms with Crippen molar-refractivity contribution in [2.45, 2.75) is 38.6 Å². The van der Waals surface area contributed by atoms with E-state index >= 15 is 0 Å². The van der Waals surface area contributed by atoms with Gasteiger partial charge in [0.05, 0.1) is 5.92 Å². The summed E-state index contributed by atoms with van der Waals surface area (Å²) in [6.45, 7) is 9.49. The highest BCUT2D eigenvalue weighted by molar-refractivity contribution is 6.30. The number of nitrogens with zero attached hydrogens (tertiary/aromatic N) is 4. The summed E-state index contributed by atoms with van der Waals surface area (Å²) in [5, 5.41) is 7.04. The smallest absolute Gasteiger partial charge is 0.231 e. The second-order valence-corrected chi connectivity index (χ2v) is 10.3. The molecule has 0 bridgehead atoms. The molecule has 2 fully saturated rings. The van der Waals surface area contributed by atoms with Gasteiger partial charge in [0, 0.05) is 61.2 Å². The van der Waals surface area contributed by atoms with E-state index in [2.05, 4.69) is 46.3 Å². The standard InChI is InChI=1S/C25H31ClN6O2/c1-14(2)27-12-18(16-4-6-17(26)7-5-16)25(34)32-10-8-31(9-11-32)23-21-19-15(3)20(19)24(33)30-22(21)28-13-29-23/h4-7,13-15,18-20,27H,8-12H2,1-3H3,(H,28,29,30,33)/t15?,18-,19?,20?/m1/s1. The van der Waals surface area contributed by atoms with Gasteiger partial charge in [-0.1, -0.05) is 44.5 Å². The van der Waals surface area contributed by atoms with Gasteiger partial charge in [-0.15, -0.1) is 0 Å². The summed E-state index contributed by atoms with van der Waals surface area (Å²) in [5.74, 6) is 1.98. The minimum Gasteiger partial charge on any atom is -0.353 e. The lowest BCUT2D eigenvalue weighted by Crippen LogP contribution is -2.51. The van der Waals surface area contributed by atoms with Crippen molar-refractivity contribution < 1.29 is 9.59 Å². The Morgan fingerprint density at radius 3 is 2.53 bits per heavy atom. The van der Waals surface area contributed by atoms with E-state index in [1.807, 2.05) is 29.2 Å². The molecule has 0 spiro atoms. The molecule has 3 unspecified atom stereocenters. The Bertz CT molecular complexity index is 1080. The van der Waals surface area contributed by atoms with Crippen molar-refractivity contribution in [3.8, 4) is 0 Å². The zero-order valence-corrected chi connectivity index (χ0v) is 20.5. The number of carbonyl (C=O) groups is 2. The van der Waals surface area contributed by atoms with Crippen LogP contribution in [0.1, 0.15) is 43.7 Å². The van der Waals surface area contributed by atoms with Gasteiger partial charge in [-0.2, -0.15) is 0 Å². The van der Waals surface area contributed by atoms with Crippen LogP contribution < -0.4 is 15.5 Å². The van der Waals surface area contributed by atoms with E-state index < -0.39 is 0 Å². The average molecular weight is 483 g/mol. The van der Waals surface area contributed by atoms with Gasteiger partial charge in [-0.3, -0.25) is 9.59 Å². The van der Waals surface area contributed by atoms with Crippen molar-refractivity contribution in [3.63, 3.8) is 0 Å². The van der Waals surface area contributed by atoms with Gasteiger partial charge in [0.1, 0.15) is 18.0 Å². The first-order valence-corrected chi connectivity index (χ1v) is 12.4. The Hall–Kier alpha value is -2.71. The number of carbonyl (C=O) groups excluding carboxylic acids is 2. The minimum atomic E-state index is -0.263. The highest BCUT2D eigenvalue weighted by Gasteiger charge is 2.57. The number of piperazine rings is 1. The van der Waals surface area contributed by atoms with Gasteiger partial charge < -0.3 is 20.4 Å². The minimum absolute atomic E-state index is 0.0220. The molecule has 2 amide bonds. The highest BCUT2D eigenvalue weighted by Crippen LogP contribution is 2.59. The molecule has 1 aromatic carbocycles. The SMILES string of the molecule is CC(C)NC[C@@H](C(=O)N1CCN(c2ncnc3c2C2C(C)C2C(=O)N3)CC1)c1ccc(Cl)cc1. The maximum absolute atomic E-state index is 13.6. The van der Waals surface area contributed by atoms with Crippen LogP contribution in [0.2, 0.25) is 5.02 Å². The van der Waals surface area contributed by atoms with Crippen LogP contribution >= 0.6 is 11.6 Å². The zero-order chi connectivity index (χ0) is 24.0. The molecule has 0 radical (unpaired) electrons. The van der Waals surface area contributed by atoms with Crippen molar-refractivity contribution in [1.29, 1.82) is 0 Å². The molecular weight excluding hydrogens is 452 g/mol. The molecule has 1 saturated carbocycles. The number of benzene rings is 1. The quantitative estimate of drug-likeness (QED) is 0.658. The number of rotatable bonds is 6. The van der Waals surface area contributed by atoms with Gasteiger partial charge in [-0.05, 0) is 23.6 Å². The van der Waals surface area contributed by atoms with Crippen molar-refractivity contribution in [2.75, 3.05) is 42.9 Å². The lowest BCUT2D eigenvalue weighted by Gasteiger charge is -2.38. The van der Waals surface area contributed by atoms with E-state index in [-0.39, 0.29) is 35.6 Å². The largest absolute Gasteiger partial charge is 0.353 e. The van der Waals surface area contributed by atoms with Crippen LogP contribution in [-0.2, 0) is 9.59 Å². The van der Waals surface area contributed by atoms with Crippen LogP contribution in [-0.4, -0.2) is 65.4 Å². The Kier molecular flexibility index (Phi) is 6.20. The predicted octanol–water partition coefficient (Wildman–Crippen LogP) is 2.86. The number of fused-ring (bicyclic) bond motifs is 3. The molecular formula is C25H31ClN6O2. The van der Waals surface area contributed by atoms with Crippen LogP contribution in [0.3, 0.4) is 0 Å². The molecule has 2 N–H and O–H groups in total. The number of halogens is 1. The summed E-state index contributed by atoms with van der Waals surface area (Å²) in [5.41, 5.74) is 2.03. The van der Waals surface area contributed by atoms with Gasteiger partial charge in [0.15, 0.2) is 0 Å². The number of anilines is 2. The Labute approximate surface area is 205 Å². The third-order valence-electron chi connectivity index (χ3n) is 7.31. The summed E-state index contributed by atoms with van der Waals surface area (Å²) < 4.78 is 0. The third-order valence-corrected chi connectivity index (χ3v) is 7.56. The molecule has 1 aromatic heterocycles. The Morgan fingerprint density at radius 1 is 1.15 bits per heavy atom. The normalized spacial score (nSPS) is 24.4. The zero-order valence-electron chi connectivity index (χ0n) is 19.8. The Morgan fingerprint density at radius 2 is 1.85 bits per heavy atom. The fourth-order valence-corrected chi connectivity index (χ4v) is 5.43. The van der Waals surface area contributed by atoms with E-state index in [0.717, 1.165) is 16.9 Å². The topological polar surface area (TPSA) is 90.5 Å². The molecule has 34 heavy (non-hydrogen) atoms. The van der Waals surface area contributed by atoms with Gasteiger partial charge in [0.2, 0.25) is 11.8 Å². The fraction of sp³-hybridized carbons (Fsp3) is 0.520. The number of hydrogen-bond donors (Lipinski definition) is 2. The van der Waals surface area contributed by atoms with Crippen LogP contribution in [0.25, 0.3) is 0 Å². The van der Waals surface area contributed by atoms with Gasteiger partial charge >= 0.3 is 0 Å². The highest BCUT2D eigenvalue weighted by atomic mass is 35.5. The number of nitrogens with one attached hydrogen (secondary N) is 2. The maximum Gasteiger partial charge on any atom is 0.231 e. The number of hydrogen-bond acceptors (Lipinski definition) is 6. The first-order valence-electron chi connectivity index (χ1n) is 12.0. The molecule has 180 valence electrons. The summed E-state index contributed by atoms with van der Waals surface area (Å²) >= 11 is 6.08. The van der Waals surface area contributed by atoms with Crippen LogP contribution in [0.5, 0.6) is 0 Å². The lowest BCUT2D eigenvalue weighted by molar-refractivity contribution is -0.133. The number of aromatic nitrogens is 2. The van der Waals surface area contributed by atoms with Crippen LogP contribution in [0.4, 0.5) is 11.6 Å². The molecule has 9 heteroatoms. The molecule has 3 aliphatic rings. The van der Waals surface area contributed by atoms with E-state index in [9.17, 15) is 9.59 Å². The molecule has 5 rings (SSSR count). The van der Waals surface area contributed by atoms with E-state index in [1.165, 1.54) is 6.33 Å². The first-order chi connectivity index (χ1) is 16.3. The fourth-order valence-electron chi connectivity index (χ4n) is 5.31. The molecule has 2 aromatic rings. The lowest BCUT2D eigenvalue weighted by atomic mass is 9.96. The van der Waals surface area contributed by atoms with Crippen molar-refractivity contribution >= 4 is 35.1 Å². The van der Waals surface area contributed by atoms with Crippen molar-refractivity contribution in [3.05, 3.63) is 46.7 Å². The average Bonchev–Trinajstić information content (AvgIpc) is 3.51. The van der Waals surface area contributed by atoms with Gasteiger partial charge in [-0.25, -0.2) is 9.97 Å². The monoisotopic (exact) mass is 482 g/mol. The van der Waals surface area contributed by atoms with E-state index in [0.29, 0.717) is 49.5 Å². The maximum atomic E-state index is 13.6. The van der Waals surface area contributed by atoms with Crippen LogP contribution in [0.15, 0.2) is 30.6 Å². The number of amides is 2.